The summed E-state index contributed by atoms with van der Waals surface area (Å²) in [5.74, 6) is 0.806. The van der Waals surface area contributed by atoms with Crippen molar-refractivity contribution in [2.45, 2.75) is 20.4 Å². The van der Waals surface area contributed by atoms with Crippen molar-refractivity contribution < 1.29 is 33.0 Å². The number of hydrogen-bond donors (Lipinski definition) is 0. The van der Waals surface area contributed by atoms with Gasteiger partial charge in [-0.3, -0.25) is 4.79 Å². The van der Waals surface area contributed by atoms with Crippen LogP contribution < -0.4 is 14.2 Å². The predicted molar refractivity (Wildman–Crippen MR) is 112 cm³/mol. The average Bonchev–Trinajstić information content (AvgIpc) is 3.39. The number of rotatable bonds is 9. The zero-order valence-electron chi connectivity index (χ0n) is 18.2. The molecule has 0 atom stereocenters. The summed E-state index contributed by atoms with van der Waals surface area (Å²) < 4.78 is 28.3. The molecule has 0 radical (unpaired) electrons. The fourth-order valence-corrected chi connectivity index (χ4v) is 3.36. The smallest absolute Gasteiger partial charge is 0.342 e. The van der Waals surface area contributed by atoms with Crippen molar-refractivity contribution in [2.75, 3.05) is 27.9 Å². The van der Waals surface area contributed by atoms with Crippen molar-refractivity contribution in [3.63, 3.8) is 0 Å². The van der Waals surface area contributed by atoms with Gasteiger partial charge in [-0.1, -0.05) is 0 Å². The van der Waals surface area contributed by atoms with Gasteiger partial charge in [0.15, 0.2) is 18.1 Å². The molecular weight excluding hydrogens is 402 g/mol. The van der Waals surface area contributed by atoms with Gasteiger partial charge < -0.3 is 27.9 Å². The molecule has 2 heterocycles. The first-order valence-electron chi connectivity index (χ1n) is 9.59. The Morgan fingerprint density at radius 1 is 0.935 bits per heavy atom. The number of aromatic nitrogens is 1. The quantitative estimate of drug-likeness (QED) is 0.379. The molecule has 0 aliphatic heterocycles. The molecule has 8 nitrogen and oxygen atoms in total. The highest BCUT2D eigenvalue weighted by molar-refractivity contribution is 6.01. The molecule has 0 aliphatic rings. The molecule has 3 rings (SSSR count). The Kier molecular flexibility index (Phi) is 6.69. The van der Waals surface area contributed by atoms with Crippen molar-refractivity contribution in [3.05, 3.63) is 64.9 Å². The van der Waals surface area contributed by atoms with Gasteiger partial charge in [0, 0.05) is 29.1 Å². The lowest BCUT2D eigenvalue weighted by Crippen LogP contribution is -2.16. The van der Waals surface area contributed by atoms with Crippen LogP contribution in [0.25, 0.3) is 0 Å². The minimum absolute atomic E-state index is 0.135. The van der Waals surface area contributed by atoms with Crippen LogP contribution in [-0.4, -0.2) is 44.3 Å². The SMILES string of the molecule is COc1cc(OC)c(C(=O)OCC(=O)c2cc(C)n(Cc3ccco3)c2C)cc1OC. The minimum atomic E-state index is -0.699. The van der Waals surface area contributed by atoms with Gasteiger partial charge in [-0.05, 0) is 32.0 Å². The Labute approximate surface area is 180 Å². The molecule has 0 aliphatic carbocycles. The number of ketones is 1. The molecule has 0 saturated carbocycles. The summed E-state index contributed by atoms with van der Waals surface area (Å²) in [5.41, 5.74) is 2.32. The van der Waals surface area contributed by atoms with Crippen molar-refractivity contribution in [1.29, 1.82) is 0 Å². The van der Waals surface area contributed by atoms with Gasteiger partial charge in [0.25, 0.3) is 0 Å². The summed E-state index contributed by atoms with van der Waals surface area (Å²) in [5, 5.41) is 0. The Morgan fingerprint density at radius 2 is 1.61 bits per heavy atom. The molecule has 8 heteroatoms. The van der Waals surface area contributed by atoms with E-state index in [0.29, 0.717) is 23.6 Å². The summed E-state index contributed by atoms with van der Waals surface area (Å²) in [6, 6.07) is 8.46. The van der Waals surface area contributed by atoms with Crippen LogP contribution in [0, 0.1) is 13.8 Å². The van der Waals surface area contributed by atoms with E-state index in [1.165, 1.54) is 33.5 Å². The van der Waals surface area contributed by atoms with E-state index in [9.17, 15) is 9.59 Å². The number of nitrogens with zero attached hydrogens (tertiary/aromatic N) is 1. The summed E-state index contributed by atoms with van der Waals surface area (Å²) in [6.45, 7) is 3.87. The first-order chi connectivity index (χ1) is 14.9. The standard InChI is InChI=1S/C23H25NO7/c1-14-9-17(15(2)24(14)12-16-7-6-8-30-16)19(25)13-31-23(26)18-10-21(28-4)22(29-5)11-20(18)27-3/h6-11H,12-13H2,1-5H3. The molecule has 0 unspecified atom stereocenters. The van der Waals surface area contributed by atoms with Gasteiger partial charge in [-0.2, -0.15) is 0 Å². The summed E-state index contributed by atoms with van der Waals surface area (Å²) >= 11 is 0. The van der Waals surface area contributed by atoms with Crippen LogP contribution in [0.15, 0.2) is 41.0 Å². The molecule has 3 aromatic rings. The molecule has 31 heavy (non-hydrogen) atoms. The maximum absolute atomic E-state index is 12.8. The Balaban J connectivity index is 1.75. The normalized spacial score (nSPS) is 10.6. The third-order valence-corrected chi connectivity index (χ3v) is 5.03. The Bertz CT molecular complexity index is 1080. The van der Waals surface area contributed by atoms with Gasteiger partial charge in [0.1, 0.15) is 17.1 Å². The van der Waals surface area contributed by atoms with Crippen LogP contribution in [0.1, 0.15) is 37.9 Å². The number of methoxy groups -OCH3 is 3. The molecule has 0 fully saturated rings. The maximum Gasteiger partial charge on any atom is 0.342 e. The van der Waals surface area contributed by atoms with Crippen molar-refractivity contribution >= 4 is 11.8 Å². The average molecular weight is 427 g/mol. The van der Waals surface area contributed by atoms with Crippen molar-refractivity contribution in [1.82, 2.24) is 4.57 Å². The van der Waals surface area contributed by atoms with Crippen LogP contribution in [0.5, 0.6) is 17.2 Å². The number of esters is 1. The lowest BCUT2D eigenvalue weighted by Gasteiger charge is -2.13. The molecule has 0 amide bonds. The largest absolute Gasteiger partial charge is 0.496 e. The number of carbonyl (C=O) groups is 2. The summed E-state index contributed by atoms with van der Waals surface area (Å²) in [4.78, 5) is 25.4. The second kappa shape index (κ2) is 9.42. The maximum atomic E-state index is 12.8. The van der Waals surface area contributed by atoms with E-state index in [0.717, 1.165) is 17.1 Å². The Morgan fingerprint density at radius 3 is 2.23 bits per heavy atom. The van der Waals surface area contributed by atoms with E-state index in [1.807, 2.05) is 30.5 Å². The fourth-order valence-electron chi connectivity index (χ4n) is 3.36. The first kappa shape index (κ1) is 22.0. The van der Waals surface area contributed by atoms with Crippen LogP contribution >= 0.6 is 0 Å². The highest BCUT2D eigenvalue weighted by Crippen LogP contribution is 2.35. The molecule has 0 spiro atoms. The summed E-state index contributed by atoms with van der Waals surface area (Å²) in [6.07, 6.45) is 1.61. The number of benzene rings is 1. The van der Waals surface area contributed by atoms with Crippen molar-refractivity contribution in [3.8, 4) is 17.2 Å². The van der Waals surface area contributed by atoms with E-state index in [4.69, 9.17) is 23.4 Å². The number of ether oxygens (including phenoxy) is 4. The Hall–Kier alpha value is -3.68. The van der Waals surface area contributed by atoms with Gasteiger partial charge in [0.2, 0.25) is 5.78 Å². The minimum Gasteiger partial charge on any atom is -0.496 e. The first-order valence-corrected chi connectivity index (χ1v) is 9.59. The molecule has 1 aromatic carbocycles. The highest BCUT2D eigenvalue weighted by atomic mass is 16.5. The zero-order chi connectivity index (χ0) is 22.5. The second-order valence-electron chi connectivity index (χ2n) is 6.86. The van der Waals surface area contributed by atoms with E-state index < -0.39 is 12.6 Å². The number of aryl methyl sites for hydroxylation is 1. The van der Waals surface area contributed by atoms with E-state index in [-0.39, 0.29) is 17.1 Å². The fraction of sp³-hybridized carbons (Fsp3) is 0.304. The molecule has 164 valence electrons. The lowest BCUT2D eigenvalue weighted by molar-refractivity contribution is 0.0471. The molecule has 2 aromatic heterocycles. The van der Waals surface area contributed by atoms with E-state index >= 15 is 0 Å². The van der Waals surface area contributed by atoms with Crippen LogP contribution in [0.4, 0.5) is 0 Å². The van der Waals surface area contributed by atoms with Crippen LogP contribution in [-0.2, 0) is 11.3 Å². The van der Waals surface area contributed by atoms with Crippen LogP contribution in [0.2, 0.25) is 0 Å². The third-order valence-electron chi connectivity index (χ3n) is 5.03. The topological polar surface area (TPSA) is 89.1 Å². The van der Waals surface area contributed by atoms with Crippen molar-refractivity contribution in [2.24, 2.45) is 0 Å². The molecular formula is C23H25NO7. The van der Waals surface area contributed by atoms with E-state index in [2.05, 4.69) is 0 Å². The second-order valence-corrected chi connectivity index (χ2v) is 6.86. The monoisotopic (exact) mass is 427 g/mol. The molecule has 0 saturated heterocycles. The number of carbonyl (C=O) groups excluding carboxylic acids is 2. The lowest BCUT2D eigenvalue weighted by atomic mass is 10.1. The highest BCUT2D eigenvalue weighted by Gasteiger charge is 2.22. The molecule has 0 N–H and O–H groups in total. The predicted octanol–water partition coefficient (Wildman–Crippen LogP) is 3.81. The summed E-state index contributed by atoms with van der Waals surface area (Å²) in [7, 11) is 4.37. The third kappa shape index (κ3) is 4.58. The van der Waals surface area contributed by atoms with Gasteiger partial charge in [-0.25, -0.2) is 4.79 Å². The number of Topliss-reactive ketones (excluding diaryl/α,β-unsaturated/α-hetero) is 1. The number of hydrogen-bond acceptors (Lipinski definition) is 7. The van der Waals surface area contributed by atoms with Gasteiger partial charge in [0.05, 0.1) is 34.1 Å². The number of furan rings is 1. The molecule has 0 bridgehead atoms. The van der Waals surface area contributed by atoms with E-state index in [1.54, 1.807) is 12.3 Å². The van der Waals surface area contributed by atoms with Gasteiger partial charge >= 0.3 is 5.97 Å². The van der Waals surface area contributed by atoms with Crippen LogP contribution in [0.3, 0.4) is 0 Å². The zero-order valence-corrected chi connectivity index (χ0v) is 18.2. The van der Waals surface area contributed by atoms with Gasteiger partial charge in [-0.15, -0.1) is 0 Å².